The lowest BCUT2D eigenvalue weighted by molar-refractivity contribution is 0.418. The third kappa shape index (κ3) is 3.42. The van der Waals surface area contributed by atoms with Gasteiger partial charge in [-0.05, 0) is 25.0 Å². The number of nitrogens with one attached hydrogen (secondary N) is 1. The van der Waals surface area contributed by atoms with Gasteiger partial charge >= 0.3 is 0 Å². The normalized spacial score (nSPS) is 14.8. The fraction of sp³-hybridized carbons (Fsp3) is 0.500. The first-order valence-corrected chi connectivity index (χ1v) is 5.82. The van der Waals surface area contributed by atoms with E-state index in [1.54, 1.807) is 0 Å². The summed E-state index contributed by atoms with van der Waals surface area (Å²) in [6.07, 6.45) is 0. The predicted octanol–water partition coefficient (Wildman–Crippen LogP) is 3.32. The lowest BCUT2D eigenvalue weighted by Crippen LogP contribution is -2.33. The van der Waals surface area contributed by atoms with E-state index in [1.807, 2.05) is 13.8 Å². The molecule has 0 saturated heterocycles. The van der Waals surface area contributed by atoms with Crippen LogP contribution in [0.3, 0.4) is 0 Å². The first-order valence-electron chi connectivity index (χ1n) is 5.28. The molecule has 0 bridgehead atoms. The minimum atomic E-state index is -0.516. The number of rotatable bonds is 5. The van der Waals surface area contributed by atoms with Crippen LogP contribution < -0.4 is 5.32 Å². The molecule has 0 saturated carbocycles. The molecule has 16 heavy (non-hydrogen) atoms. The second-order valence-electron chi connectivity index (χ2n) is 4.00. The quantitative estimate of drug-likeness (QED) is 0.787. The first-order chi connectivity index (χ1) is 7.56. The minimum Gasteiger partial charge on any atom is -0.310 e. The summed E-state index contributed by atoms with van der Waals surface area (Å²) in [4.78, 5) is 0. The molecular weight excluding hydrogens is 232 g/mol. The van der Waals surface area contributed by atoms with Crippen molar-refractivity contribution in [3.05, 3.63) is 35.4 Å². The highest BCUT2D eigenvalue weighted by Crippen LogP contribution is 2.13. The van der Waals surface area contributed by atoms with Crippen molar-refractivity contribution in [3.8, 4) is 0 Å². The van der Waals surface area contributed by atoms with E-state index >= 15 is 0 Å². The first kappa shape index (κ1) is 13.4. The molecule has 1 rings (SSSR count). The molecule has 1 N–H and O–H groups in total. The van der Waals surface area contributed by atoms with Gasteiger partial charge in [0.2, 0.25) is 0 Å². The van der Waals surface area contributed by atoms with Gasteiger partial charge in [0.1, 0.15) is 11.6 Å². The second-order valence-corrected chi connectivity index (χ2v) is 4.31. The molecule has 0 heterocycles. The molecule has 90 valence electrons. The zero-order valence-corrected chi connectivity index (χ0v) is 10.2. The van der Waals surface area contributed by atoms with E-state index < -0.39 is 11.6 Å². The summed E-state index contributed by atoms with van der Waals surface area (Å²) in [7, 11) is 0. The van der Waals surface area contributed by atoms with Gasteiger partial charge < -0.3 is 5.32 Å². The van der Waals surface area contributed by atoms with Crippen LogP contribution in [0.15, 0.2) is 18.2 Å². The lowest BCUT2D eigenvalue weighted by Gasteiger charge is -2.19. The Bertz CT molecular complexity index is 324. The topological polar surface area (TPSA) is 12.0 Å². The highest BCUT2D eigenvalue weighted by molar-refractivity contribution is 6.18. The molecule has 2 unspecified atom stereocenters. The van der Waals surface area contributed by atoms with Crippen molar-refractivity contribution in [1.29, 1.82) is 0 Å². The van der Waals surface area contributed by atoms with Crippen molar-refractivity contribution >= 4 is 11.6 Å². The van der Waals surface area contributed by atoms with E-state index in [-0.39, 0.29) is 24.1 Å². The van der Waals surface area contributed by atoms with Crippen LogP contribution in [-0.2, 0) is 6.54 Å². The van der Waals surface area contributed by atoms with E-state index in [2.05, 4.69) is 5.32 Å². The Balaban J connectivity index is 2.61. The molecule has 4 heteroatoms. The molecule has 0 aliphatic heterocycles. The van der Waals surface area contributed by atoms with Gasteiger partial charge in [0.15, 0.2) is 0 Å². The van der Waals surface area contributed by atoms with Crippen molar-refractivity contribution in [1.82, 2.24) is 5.32 Å². The predicted molar refractivity (Wildman–Crippen MR) is 62.5 cm³/mol. The van der Waals surface area contributed by atoms with Gasteiger partial charge in [0.05, 0.1) is 0 Å². The van der Waals surface area contributed by atoms with Crippen LogP contribution in [0.1, 0.15) is 19.4 Å². The summed E-state index contributed by atoms with van der Waals surface area (Å²) >= 11 is 5.70. The highest BCUT2D eigenvalue weighted by Gasteiger charge is 2.13. The van der Waals surface area contributed by atoms with Gasteiger partial charge in [-0.3, -0.25) is 0 Å². The number of halogens is 3. The van der Waals surface area contributed by atoms with Gasteiger partial charge in [-0.1, -0.05) is 13.0 Å². The van der Waals surface area contributed by atoms with E-state index in [0.29, 0.717) is 5.88 Å². The van der Waals surface area contributed by atoms with Gasteiger partial charge in [0, 0.05) is 24.0 Å². The zero-order valence-electron chi connectivity index (χ0n) is 9.43. The van der Waals surface area contributed by atoms with Crippen LogP contribution in [0, 0.1) is 17.6 Å². The maximum Gasteiger partial charge on any atom is 0.130 e. The van der Waals surface area contributed by atoms with E-state index in [4.69, 9.17) is 11.6 Å². The van der Waals surface area contributed by atoms with Gasteiger partial charge in [-0.2, -0.15) is 0 Å². The van der Waals surface area contributed by atoms with Crippen molar-refractivity contribution in [3.63, 3.8) is 0 Å². The minimum absolute atomic E-state index is 0.0797. The van der Waals surface area contributed by atoms with Crippen LogP contribution in [0.5, 0.6) is 0 Å². The van der Waals surface area contributed by atoms with E-state index in [0.717, 1.165) is 0 Å². The summed E-state index contributed by atoms with van der Waals surface area (Å²) in [5.74, 6) is -0.249. The van der Waals surface area contributed by atoms with Crippen LogP contribution in [0.2, 0.25) is 0 Å². The van der Waals surface area contributed by atoms with Crippen LogP contribution in [0.4, 0.5) is 8.78 Å². The summed E-state index contributed by atoms with van der Waals surface area (Å²) in [6, 6.07) is 4.00. The molecule has 0 aromatic heterocycles. The number of hydrogen-bond donors (Lipinski definition) is 1. The maximum absolute atomic E-state index is 13.3. The summed E-state index contributed by atoms with van der Waals surface area (Å²) < 4.78 is 26.6. The van der Waals surface area contributed by atoms with E-state index in [1.165, 1.54) is 18.2 Å². The Morgan fingerprint density at radius 1 is 1.25 bits per heavy atom. The number of hydrogen-bond acceptors (Lipinski definition) is 1. The van der Waals surface area contributed by atoms with Crippen molar-refractivity contribution in [2.75, 3.05) is 5.88 Å². The number of benzene rings is 1. The zero-order chi connectivity index (χ0) is 12.1. The smallest absolute Gasteiger partial charge is 0.130 e. The molecule has 0 aliphatic carbocycles. The largest absolute Gasteiger partial charge is 0.310 e. The van der Waals surface area contributed by atoms with Gasteiger partial charge in [-0.25, -0.2) is 8.78 Å². The Morgan fingerprint density at radius 2 is 1.81 bits per heavy atom. The van der Waals surface area contributed by atoms with Gasteiger partial charge in [0.25, 0.3) is 0 Å². The lowest BCUT2D eigenvalue weighted by atomic mass is 10.1. The molecule has 0 amide bonds. The molecule has 2 atom stereocenters. The van der Waals surface area contributed by atoms with Crippen LogP contribution in [0.25, 0.3) is 0 Å². The molecular formula is C12H16ClF2N. The van der Waals surface area contributed by atoms with Crippen molar-refractivity contribution in [2.45, 2.75) is 26.4 Å². The van der Waals surface area contributed by atoms with Crippen LogP contribution in [-0.4, -0.2) is 11.9 Å². The molecule has 0 aliphatic rings. The average molecular weight is 248 g/mol. The summed E-state index contributed by atoms with van der Waals surface area (Å²) in [5, 5.41) is 3.07. The molecule has 1 nitrogen and oxygen atoms in total. The third-order valence-electron chi connectivity index (χ3n) is 2.76. The molecule has 0 spiro atoms. The standard InChI is InChI=1S/C12H16ClF2N/c1-8(6-13)9(2)16-7-10-11(14)4-3-5-12(10)15/h3-5,8-9,16H,6-7H2,1-2H3. The third-order valence-corrected chi connectivity index (χ3v) is 3.25. The SMILES string of the molecule is CC(CCl)C(C)NCc1c(F)cccc1F. The van der Waals surface area contributed by atoms with Gasteiger partial charge in [-0.15, -0.1) is 11.6 Å². The molecule has 0 radical (unpaired) electrons. The fourth-order valence-electron chi connectivity index (χ4n) is 1.30. The Kier molecular flexibility index (Phi) is 5.16. The summed E-state index contributed by atoms with van der Waals surface area (Å²) in [5.41, 5.74) is 0.0797. The average Bonchev–Trinajstić information content (AvgIpc) is 2.27. The van der Waals surface area contributed by atoms with Crippen molar-refractivity contribution in [2.24, 2.45) is 5.92 Å². The van der Waals surface area contributed by atoms with Crippen LogP contribution >= 0.6 is 11.6 Å². The molecule has 0 fully saturated rings. The second kappa shape index (κ2) is 6.16. The van der Waals surface area contributed by atoms with Crippen molar-refractivity contribution < 1.29 is 8.78 Å². The Hall–Kier alpha value is -0.670. The maximum atomic E-state index is 13.3. The fourth-order valence-corrected chi connectivity index (χ4v) is 1.57. The Morgan fingerprint density at radius 3 is 2.31 bits per heavy atom. The highest BCUT2D eigenvalue weighted by atomic mass is 35.5. The monoisotopic (exact) mass is 247 g/mol. The summed E-state index contributed by atoms with van der Waals surface area (Å²) in [6.45, 7) is 4.12. The van der Waals surface area contributed by atoms with E-state index in [9.17, 15) is 8.78 Å². The Labute approximate surface area is 99.8 Å². The number of alkyl halides is 1. The molecule has 1 aromatic carbocycles. The molecule has 1 aromatic rings.